The third-order valence-corrected chi connectivity index (χ3v) is 10.9. The van der Waals surface area contributed by atoms with E-state index < -0.39 is 0 Å². The van der Waals surface area contributed by atoms with Crippen LogP contribution < -0.4 is 0 Å². The van der Waals surface area contributed by atoms with Gasteiger partial charge in [0.05, 0.1) is 0 Å². The number of aromatic nitrogens is 3. The Kier molecular flexibility index (Phi) is 7.78. The molecule has 0 spiro atoms. The Morgan fingerprint density at radius 1 is 0.298 bits per heavy atom. The highest BCUT2D eigenvalue weighted by Crippen LogP contribution is 2.46. The first-order valence-electron chi connectivity index (χ1n) is 19.2. The van der Waals surface area contributed by atoms with Crippen molar-refractivity contribution in [2.75, 3.05) is 0 Å². The third-order valence-electron chi connectivity index (χ3n) is 10.9. The van der Waals surface area contributed by atoms with Gasteiger partial charge >= 0.3 is 0 Å². The van der Waals surface area contributed by atoms with Crippen LogP contribution in [0.1, 0.15) is 0 Å². The summed E-state index contributed by atoms with van der Waals surface area (Å²) in [6.07, 6.45) is 0. The van der Waals surface area contributed by atoms with E-state index in [0.29, 0.717) is 17.5 Å². The number of hydrogen-bond acceptors (Lipinski definition) is 4. The molecular weight excluding hydrogens is 695 g/mol. The number of nitrogens with zero attached hydrogens (tertiary/aromatic N) is 3. The summed E-state index contributed by atoms with van der Waals surface area (Å²) in [7, 11) is 0. The topological polar surface area (TPSA) is 51.8 Å². The molecule has 0 saturated carbocycles. The van der Waals surface area contributed by atoms with Crippen LogP contribution in [0, 0.1) is 0 Å². The van der Waals surface area contributed by atoms with Gasteiger partial charge in [-0.3, -0.25) is 0 Å². The second-order valence-electron chi connectivity index (χ2n) is 14.4. The molecule has 2 heterocycles. The minimum absolute atomic E-state index is 0.619. The summed E-state index contributed by atoms with van der Waals surface area (Å²) in [5.74, 6) is 1.87. The molecule has 4 nitrogen and oxygen atoms in total. The fourth-order valence-corrected chi connectivity index (χ4v) is 8.21. The normalized spacial score (nSPS) is 11.5. The standard InChI is InChI=1S/C53H33N3O/c1-4-15-34(16-5-1)37-23-14-24-40(31-37)52-54-51(36-19-8-3-9-20-36)55-53(56-52)45-28-27-44(42-25-12-13-26-43(42)45)49-41(35-17-6-2-7-18-35)29-30-47-50(49)46-32-38-21-10-11-22-39(38)33-48(46)57-47/h1-33H. The van der Waals surface area contributed by atoms with Gasteiger partial charge in [0.15, 0.2) is 17.5 Å². The van der Waals surface area contributed by atoms with Crippen molar-refractivity contribution < 1.29 is 4.42 Å². The number of hydrogen-bond donors (Lipinski definition) is 0. The van der Waals surface area contributed by atoms with E-state index in [9.17, 15) is 0 Å². The molecule has 11 rings (SSSR count). The predicted octanol–water partition coefficient (Wildman–Crippen LogP) is 14.1. The van der Waals surface area contributed by atoms with Crippen LogP contribution in [0.15, 0.2) is 205 Å². The lowest BCUT2D eigenvalue weighted by Gasteiger charge is -2.17. The fraction of sp³-hybridized carbons (Fsp3) is 0. The number of rotatable bonds is 6. The van der Waals surface area contributed by atoms with Gasteiger partial charge in [-0.25, -0.2) is 15.0 Å². The Bertz CT molecular complexity index is 3280. The Hall–Kier alpha value is -7.69. The average Bonchev–Trinajstić information content (AvgIpc) is 3.65. The van der Waals surface area contributed by atoms with Gasteiger partial charge in [-0.05, 0) is 79.7 Å². The maximum absolute atomic E-state index is 6.64. The highest BCUT2D eigenvalue weighted by molar-refractivity contribution is 6.21. The molecule has 9 aromatic carbocycles. The van der Waals surface area contributed by atoms with Crippen LogP contribution in [-0.4, -0.2) is 15.0 Å². The van der Waals surface area contributed by atoms with E-state index in [0.717, 1.165) is 88.2 Å². The summed E-state index contributed by atoms with van der Waals surface area (Å²) >= 11 is 0. The lowest BCUT2D eigenvalue weighted by molar-refractivity contribution is 0.669. The van der Waals surface area contributed by atoms with E-state index in [1.807, 2.05) is 24.3 Å². The van der Waals surface area contributed by atoms with Crippen molar-refractivity contribution in [3.63, 3.8) is 0 Å². The van der Waals surface area contributed by atoms with Crippen LogP contribution in [0.2, 0.25) is 0 Å². The largest absolute Gasteiger partial charge is 0.456 e. The van der Waals surface area contributed by atoms with Crippen molar-refractivity contribution in [3.8, 4) is 67.5 Å². The Morgan fingerprint density at radius 2 is 0.825 bits per heavy atom. The molecule has 266 valence electrons. The van der Waals surface area contributed by atoms with Crippen molar-refractivity contribution in [2.24, 2.45) is 0 Å². The molecule has 0 aliphatic rings. The van der Waals surface area contributed by atoms with E-state index >= 15 is 0 Å². The van der Waals surface area contributed by atoms with Crippen LogP contribution in [0.5, 0.6) is 0 Å². The van der Waals surface area contributed by atoms with Crippen LogP contribution in [0.4, 0.5) is 0 Å². The lowest BCUT2D eigenvalue weighted by Crippen LogP contribution is -2.01. The van der Waals surface area contributed by atoms with Crippen molar-refractivity contribution in [1.29, 1.82) is 0 Å². The molecule has 0 atom stereocenters. The van der Waals surface area contributed by atoms with Crippen molar-refractivity contribution >= 4 is 43.5 Å². The van der Waals surface area contributed by atoms with Gasteiger partial charge in [-0.15, -0.1) is 0 Å². The van der Waals surface area contributed by atoms with E-state index in [1.165, 1.54) is 5.39 Å². The third kappa shape index (κ3) is 5.74. The van der Waals surface area contributed by atoms with Crippen molar-refractivity contribution in [1.82, 2.24) is 15.0 Å². The molecule has 0 aliphatic carbocycles. The average molecular weight is 728 g/mol. The SMILES string of the molecule is c1ccc(-c2cccc(-c3nc(-c4ccccc4)nc(-c4ccc(-c5c(-c6ccccc6)ccc6oc7cc8ccccc8cc7c56)c5ccccc45)n3)c2)cc1. The molecule has 4 heteroatoms. The fourth-order valence-electron chi connectivity index (χ4n) is 8.21. The molecule has 0 aliphatic heterocycles. The number of benzene rings is 9. The lowest BCUT2D eigenvalue weighted by atomic mass is 9.87. The smallest absolute Gasteiger partial charge is 0.164 e. The molecule has 0 radical (unpaired) electrons. The Balaban J connectivity index is 1.16. The monoisotopic (exact) mass is 727 g/mol. The molecule has 0 N–H and O–H groups in total. The zero-order valence-electron chi connectivity index (χ0n) is 30.8. The molecule has 0 fully saturated rings. The first-order valence-corrected chi connectivity index (χ1v) is 19.2. The van der Waals surface area contributed by atoms with Gasteiger partial charge in [0, 0.05) is 33.0 Å². The Morgan fingerprint density at radius 3 is 1.56 bits per heavy atom. The van der Waals surface area contributed by atoms with Gasteiger partial charge in [-0.1, -0.05) is 170 Å². The van der Waals surface area contributed by atoms with Crippen LogP contribution in [-0.2, 0) is 0 Å². The maximum atomic E-state index is 6.64. The highest BCUT2D eigenvalue weighted by Gasteiger charge is 2.22. The summed E-state index contributed by atoms with van der Waals surface area (Å²) in [4.78, 5) is 15.5. The zero-order chi connectivity index (χ0) is 37.7. The van der Waals surface area contributed by atoms with Gasteiger partial charge < -0.3 is 4.42 Å². The molecule has 0 amide bonds. The van der Waals surface area contributed by atoms with Crippen LogP contribution >= 0.6 is 0 Å². The zero-order valence-corrected chi connectivity index (χ0v) is 30.8. The predicted molar refractivity (Wildman–Crippen MR) is 235 cm³/mol. The molecule has 0 bridgehead atoms. The summed E-state index contributed by atoms with van der Waals surface area (Å²) in [5.41, 5.74) is 11.3. The summed E-state index contributed by atoms with van der Waals surface area (Å²) in [6, 6.07) is 69.9. The van der Waals surface area contributed by atoms with Gasteiger partial charge in [0.1, 0.15) is 11.2 Å². The number of fused-ring (bicyclic) bond motifs is 5. The van der Waals surface area contributed by atoms with Gasteiger partial charge in [0.2, 0.25) is 0 Å². The Labute approximate surface area is 329 Å². The minimum atomic E-state index is 0.619. The number of furan rings is 1. The highest BCUT2D eigenvalue weighted by atomic mass is 16.3. The van der Waals surface area contributed by atoms with Gasteiger partial charge in [-0.2, -0.15) is 0 Å². The first-order chi connectivity index (χ1) is 28.2. The van der Waals surface area contributed by atoms with E-state index in [-0.39, 0.29) is 0 Å². The second kappa shape index (κ2) is 13.6. The molecule has 0 saturated heterocycles. The summed E-state index contributed by atoms with van der Waals surface area (Å²) in [6.45, 7) is 0. The van der Waals surface area contributed by atoms with Crippen molar-refractivity contribution in [3.05, 3.63) is 200 Å². The molecule has 0 unspecified atom stereocenters. The van der Waals surface area contributed by atoms with Crippen LogP contribution in [0.3, 0.4) is 0 Å². The van der Waals surface area contributed by atoms with Crippen molar-refractivity contribution in [2.45, 2.75) is 0 Å². The summed E-state index contributed by atoms with van der Waals surface area (Å²) < 4.78 is 6.64. The quantitative estimate of drug-likeness (QED) is 0.171. The molecule has 57 heavy (non-hydrogen) atoms. The van der Waals surface area contributed by atoms with Crippen LogP contribution in [0.25, 0.3) is 111 Å². The van der Waals surface area contributed by atoms with E-state index in [4.69, 9.17) is 19.4 Å². The van der Waals surface area contributed by atoms with E-state index in [2.05, 4.69) is 176 Å². The molecular formula is C53H33N3O. The van der Waals surface area contributed by atoms with E-state index in [1.54, 1.807) is 0 Å². The molecule has 11 aromatic rings. The minimum Gasteiger partial charge on any atom is -0.456 e. The van der Waals surface area contributed by atoms with Gasteiger partial charge in [0.25, 0.3) is 0 Å². The maximum Gasteiger partial charge on any atom is 0.164 e. The molecule has 2 aromatic heterocycles. The summed E-state index contributed by atoms with van der Waals surface area (Å²) in [5, 5.41) is 6.68. The second-order valence-corrected chi connectivity index (χ2v) is 14.4. The first kappa shape index (κ1) is 32.7.